The van der Waals surface area contributed by atoms with Crippen molar-refractivity contribution in [3.05, 3.63) is 69.8 Å². The normalized spacial score (nSPS) is 17.4. The lowest BCUT2D eigenvalue weighted by Gasteiger charge is -2.05. The quantitative estimate of drug-likeness (QED) is 0.618. The van der Waals surface area contributed by atoms with Gasteiger partial charge in [-0.2, -0.15) is 0 Å². The molecule has 5 heteroatoms. The van der Waals surface area contributed by atoms with Crippen LogP contribution in [0.2, 0.25) is 0 Å². The standard InChI is InChI=1S/C16H15N2O3/c1-2-7-18-13-6-5-11(17)9-14(13)21-15(16(18)19)10-12-4-3-8-20-12/h2-6,8-11H,1,7,17H2/q+1/b15-10+. The van der Waals surface area contributed by atoms with E-state index in [2.05, 4.69) is 6.58 Å². The summed E-state index contributed by atoms with van der Waals surface area (Å²) in [6.45, 7) is 4.08. The highest BCUT2D eigenvalue weighted by molar-refractivity contribution is 5.53. The van der Waals surface area contributed by atoms with Crippen molar-refractivity contribution in [2.24, 2.45) is 5.73 Å². The van der Waals surface area contributed by atoms with Gasteiger partial charge in [0, 0.05) is 18.2 Å². The van der Waals surface area contributed by atoms with Crippen molar-refractivity contribution in [3.63, 3.8) is 0 Å². The third-order valence-corrected chi connectivity index (χ3v) is 3.17. The first kappa shape index (κ1) is 13.3. The van der Waals surface area contributed by atoms with Gasteiger partial charge in [-0.15, -0.1) is 4.57 Å². The minimum Gasteiger partial charge on any atom is -0.465 e. The fourth-order valence-corrected chi connectivity index (χ4v) is 2.22. The number of hydrogen-bond acceptors (Lipinski definition) is 4. The van der Waals surface area contributed by atoms with Crippen LogP contribution >= 0.6 is 0 Å². The molecule has 0 fully saturated rings. The number of furan rings is 1. The van der Waals surface area contributed by atoms with Crippen LogP contribution < -0.4 is 26.7 Å². The Balaban J connectivity index is 2.33. The molecule has 0 saturated carbocycles. The zero-order valence-electron chi connectivity index (χ0n) is 11.4. The number of allylic oxidation sites excluding steroid dienone is 1. The van der Waals surface area contributed by atoms with Crippen molar-refractivity contribution in [2.75, 3.05) is 0 Å². The molecule has 1 atom stereocenters. The molecule has 2 N–H and O–H groups in total. The van der Waals surface area contributed by atoms with Crippen LogP contribution in [0.4, 0.5) is 0 Å². The van der Waals surface area contributed by atoms with E-state index < -0.39 is 0 Å². The molecule has 3 rings (SSSR count). The van der Waals surface area contributed by atoms with Crippen LogP contribution in [0.15, 0.2) is 50.8 Å². The summed E-state index contributed by atoms with van der Waals surface area (Å²) in [5.74, 6) is 0.552. The second-order valence-corrected chi connectivity index (χ2v) is 4.68. The van der Waals surface area contributed by atoms with Gasteiger partial charge in [0.25, 0.3) is 5.69 Å². The Labute approximate surface area is 120 Å². The van der Waals surface area contributed by atoms with Gasteiger partial charge in [0.1, 0.15) is 5.76 Å². The number of hydrogen-bond donors (Lipinski definition) is 1. The highest BCUT2D eigenvalue weighted by Crippen LogP contribution is 2.00. The van der Waals surface area contributed by atoms with Crippen molar-refractivity contribution in [1.82, 2.24) is 0 Å². The minimum atomic E-state index is -0.237. The molecule has 0 spiro atoms. The first-order valence-electron chi connectivity index (χ1n) is 6.58. The zero-order valence-corrected chi connectivity index (χ0v) is 11.4. The maximum atomic E-state index is 12.5. The summed E-state index contributed by atoms with van der Waals surface area (Å²) < 4.78 is 12.5. The van der Waals surface area contributed by atoms with Gasteiger partial charge < -0.3 is 14.6 Å². The number of nitrogens with two attached hydrogens (primary N) is 1. The molecule has 2 aromatic heterocycles. The first-order chi connectivity index (χ1) is 10.2. The zero-order chi connectivity index (χ0) is 14.8. The molecule has 0 saturated heterocycles. The summed E-state index contributed by atoms with van der Waals surface area (Å²) in [6, 6.07) is 3.27. The van der Waals surface area contributed by atoms with Crippen LogP contribution in [0, 0.1) is 0 Å². The van der Waals surface area contributed by atoms with Crippen LogP contribution in [0.3, 0.4) is 0 Å². The number of aromatic nitrogens is 1. The molecule has 21 heavy (non-hydrogen) atoms. The van der Waals surface area contributed by atoms with Crippen molar-refractivity contribution in [2.45, 2.75) is 12.6 Å². The van der Waals surface area contributed by atoms with Crippen LogP contribution in [0.25, 0.3) is 18.2 Å². The van der Waals surface area contributed by atoms with E-state index in [1.807, 2.05) is 6.08 Å². The topological polar surface area (TPSA) is 73.2 Å². The molecule has 2 aromatic rings. The van der Waals surface area contributed by atoms with Gasteiger partial charge in [0.2, 0.25) is 5.42 Å². The molecule has 0 aliphatic heterocycles. The Morgan fingerprint density at radius 2 is 2.33 bits per heavy atom. The highest BCUT2D eigenvalue weighted by atomic mass is 16.3. The summed E-state index contributed by atoms with van der Waals surface area (Å²) in [6.07, 6.45) is 10.2. The maximum absolute atomic E-state index is 12.5. The second kappa shape index (κ2) is 5.38. The van der Waals surface area contributed by atoms with E-state index in [9.17, 15) is 4.79 Å². The lowest BCUT2D eigenvalue weighted by molar-refractivity contribution is -0.706. The molecule has 5 nitrogen and oxygen atoms in total. The second-order valence-electron chi connectivity index (χ2n) is 4.68. The third-order valence-electron chi connectivity index (χ3n) is 3.17. The van der Waals surface area contributed by atoms with Crippen LogP contribution in [-0.4, -0.2) is 6.04 Å². The van der Waals surface area contributed by atoms with E-state index in [4.69, 9.17) is 14.6 Å². The summed E-state index contributed by atoms with van der Waals surface area (Å²) in [5.41, 5.74) is 7.09. The van der Waals surface area contributed by atoms with Gasteiger partial charge in [-0.05, 0) is 24.3 Å². The third kappa shape index (κ3) is 2.51. The average Bonchev–Trinajstić information content (AvgIpc) is 2.96. The Kier molecular flexibility index (Phi) is 3.41. The molecule has 1 aliphatic carbocycles. The average molecular weight is 283 g/mol. The van der Waals surface area contributed by atoms with Crippen molar-refractivity contribution in [3.8, 4) is 0 Å². The maximum Gasteiger partial charge on any atom is 0.455 e. The van der Waals surface area contributed by atoms with Gasteiger partial charge in [0.05, 0.1) is 6.26 Å². The number of nitrogens with zero attached hydrogens (tertiary/aromatic N) is 1. The van der Waals surface area contributed by atoms with Crippen LogP contribution in [0.5, 0.6) is 0 Å². The van der Waals surface area contributed by atoms with E-state index in [1.54, 1.807) is 41.0 Å². The lowest BCUT2D eigenvalue weighted by Crippen LogP contribution is -2.61. The predicted octanol–water partition coefficient (Wildman–Crippen LogP) is -0.330. The highest BCUT2D eigenvalue weighted by Gasteiger charge is 2.20. The van der Waals surface area contributed by atoms with Gasteiger partial charge in [-0.1, -0.05) is 12.7 Å². The molecule has 0 amide bonds. The van der Waals surface area contributed by atoms with Gasteiger partial charge >= 0.3 is 5.56 Å². The largest absolute Gasteiger partial charge is 0.465 e. The van der Waals surface area contributed by atoms with Crippen LogP contribution in [-0.2, 0) is 6.54 Å². The summed E-state index contributed by atoms with van der Waals surface area (Å²) in [5, 5.41) is 0. The molecule has 0 bridgehead atoms. The fourth-order valence-electron chi connectivity index (χ4n) is 2.22. The fraction of sp³-hybridized carbons (Fsp3) is 0.125. The molecular formula is C16H15N2O3+. The van der Waals surface area contributed by atoms with E-state index in [1.165, 1.54) is 6.26 Å². The molecule has 106 valence electrons. The minimum absolute atomic E-state index is 0.198. The Hall–Kier alpha value is -2.66. The molecule has 0 radical (unpaired) electrons. The Morgan fingerprint density at radius 3 is 3.05 bits per heavy atom. The van der Waals surface area contributed by atoms with Gasteiger partial charge in [-0.3, -0.25) is 0 Å². The van der Waals surface area contributed by atoms with Crippen molar-refractivity contribution >= 4 is 18.2 Å². The Morgan fingerprint density at radius 1 is 1.48 bits per heavy atom. The van der Waals surface area contributed by atoms with E-state index in [0.29, 0.717) is 23.4 Å². The van der Waals surface area contributed by atoms with E-state index >= 15 is 0 Å². The molecule has 1 unspecified atom stereocenters. The summed E-state index contributed by atoms with van der Waals surface area (Å²) >= 11 is 0. The first-order valence-corrected chi connectivity index (χ1v) is 6.58. The molecule has 2 heterocycles. The molecular weight excluding hydrogens is 268 g/mol. The lowest BCUT2D eigenvalue weighted by atomic mass is 10.1. The number of fused-ring (bicyclic) bond motifs is 1. The monoisotopic (exact) mass is 283 g/mol. The van der Waals surface area contributed by atoms with Crippen molar-refractivity contribution in [1.29, 1.82) is 0 Å². The van der Waals surface area contributed by atoms with Gasteiger partial charge in [-0.25, -0.2) is 4.79 Å². The smallest absolute Gasteiger partial charge is 0.455 e. The number of rotatable bonds is 3. The van der Waals surface area contributed by atoms with Crippen molar-refractivity contribution < 1.29 is 13.4 Å². The molecule has 1 aliphatic rings. The SMILES string of the molecule is C=CC[n+]1c2c(o/c(=C/c3ccco3)c1=O)=CC(N)C=C2. The molecule has 0 aromatic carbocycles. The summed E-state index contributed by atoms with van der Waals surface area (Å²) in [7, 11) is 0. The van der Waals surface area contributed by atoms with E-state index in [-0.39, 0.29) is 17.0 Å². The van der Waals surface area contributed by atoms with Gasteiger partial charge in [0.15, 0.2) is 12.0 Å². The van der Waals surface area contributed by atoms with Crippen LogP contribution in [0.1, 0.15) is 11.5 Å². The van der Waals surface area contributed by atoms with E-state index in [0.717, 1.165) is 0 Å². The Bertz CT molecular complexity index is 873. The summed E-state index contributed by atoms with van der Waals surface area (Å²) in [4.78, 5) is 12.5. The predicted molar refractivity (Wildman–Crippen MR) is 78.4 cm³/mol.